The summed E-state index contributed by atoms with van der Waals surface area (Å²) >= 11 is 12.6. The largest absolute Gasteiger partial charge is 0.329 e. The number of amides is 2. The minimum absolute atomic E-state index is 0.0198. The second kappa shape index (κ2) is 7.48. The first kappa shape index (κ1) is 18.8. The Morgan fingerprint density at radius 2 is 1.70 bits per heavy atom. The molecule has 0 aromatic heterocycles. The molecule has 1 aliphatic heterocycles. The summed E-state index contributed by atoms with van der Waals surface area (Å²) in [4.78, 5) is 28.2. The fourth-order valence-corrected chi connectivity index (χ4v) is 5.32. The molecule has 3 aliphatic rings. The van der Waals surface area contributed by atoms with Crippen molar-refractivity contribution in [3.63, 3.8) is 0 Å². The van der Waals surface area contributed by atoms with Crippen molar-refractivity contribution < 1.29 is 9.59 Å². The highest BCUT2D eigenvalue weighted by Crippen LogP contribution is 2.42. The van der Waals surface area contributed by atoms with Gasteiger partial charge in [0.2, 0.25) is 5.91 Å². The summed E-state index contributed by atoms with van der Waals surface area (Å²) in [6.07, 6.45) is 8.46. The first-order valence-electron chi connectivity index (χ1n) is 9.82. The van der Waals surface area contributed by atoms with Crippen molar-refractivity contribution in [3.8, 4) is 0 Å². The lowest BCUT2D eigenvalue weighted by molar-refractivity contribution is -0.142. The number of nitrogens with zero attached hydrogens (tertiary/aromatic N) is 1. The van der Waals surface area contributed by atoms with Crippen molar-refractivity contribution in [2.45, 2.75) is 69.9 Å². The van der Waals surface area contributed by atoms with Gasteiger partial charge in [-0.05, 0) is 69.1 Å². The molecule has 1 aromatic carbocycles. The second-order valence-electron chi connectivity index (χ2n) is 7.78. The number of allylic oxidation sites excluding steroid dienone is 1. The third-order valence-electron chi connectivity index (χ3n) is 6.08. The molecule has 144 valence electrons. The van der Waals surface area contributed by atoms with E-state index in [1.54, 1.807) is 18.2 Å². The number of carbonyl (C=O) groups is 2. The van der Waals surface area contributed by atoms with Crippen molar-refractivity contribution in [2.75, 3.05) is 0 Å². The highest BCUT2D eigenvalue weighted by atomic mass is 35.5. The third kappa shape index (κ3) is 3.38. The molecule has 0 radical (unpaired) electrons. The van der Waals surface area contributed by atoms with Crippen LogP contribution in [0.4, 0.5) is 0 Å². The van der Waals surface area contributed by atoms with E-state index in [1.807, 2.05) is 4.90 Å². The summed E-state index contributed by atoms with van der Waals surface area (Å²) in [5, 5.41) is 4.23. The molecule has 1 saturated carbocycles. The molecule has 0 bridgehead atoms. The predicted molar refractivity (Wildman–Crippen MR) is 106 cm³/mol. The SMILES string of the molecule is O=C1NC2(CCCCC2)N(C(=O)Cc2c(Cl)cccc2Cl)C2=C1CCCC2. The van der Waals surface area contributed by atoms with E-state index in [0.29, 0.717) is 15.6 Å². The van der Waals surface area contributed by atoms with Gasteiger partial charge in [-0.3, -0.25) is 14.5 Å². The Balaban J connectivity index is 1.74. The average molecular weight is 407 g/mol. The topological polar surface area (TPSA) is 49.4 Å². The smallest absolute Gasteiger partial charge is 0.250 e. The minimum atomic E-state index is -0.587. The summed E-state index contributed by atoms with van der Waals surface area (Å²) < 4.78 is 0. The van der Waals surface area contributed by atoms with Gasteiger partial charge in [-0.15, -0.1) is 0 Å². The molecule has 0 saturated heterocycles. The van der Waals surface area contributed by atoms with Crippen molar-refractivity contribution in [1.82, 2.24) is 10.2 Å². The summed E-state index contributed by atoms with van der Waals surface area (Å²) in [7, 11) is 0. The zero-order valence-corrected chi connectivity index (χ0v) is 16.8. The number of rotatable bonds is 2. The Morgan fingerprint density at radius 3 is 2.41 bits per heavy atom. The van der Waals surface area contributed by atoms with E-state index in [9.17, 15) is 9.59 Å². The van der Waals surface area contributed by atoms with Crippen LogP contribution in [0.25, 0.3) is 0 Å². The van der Waals surface area contributed by atoms with Crippen LogP contribution < -0.4 is 5.32 Å². The molecule has 27 heavy (non-hydrogen) atoms. The monoisotopic (exact) mass is 406 g/mol. The lowest BCUT2D eigenvalue weighted by Crippen LogP contribution is -2.66. The van der Waals surface area contributed by atoms with Crippen molar-refractivity contribution in [3.05, 3.63) is 45.1 Å². The van der Waals surface area contributed by atoms with Gasteiger partial charge in [-0.1, -0.05) is 35.7 Å². The Labute approximate surface area is 169 Å². The lowest BCUT2D eigenvalue weighted by atomic mass is 9.81. The Bertz CT molecular complexity index is 792. The molecule has 1 spiro atoms. The van der Waals surface area contributed by atoms with Gasteiger partial charge in [0.05, 0.1) is 6.42 Å². The number of carbonyl (C=O) groups excluding carboxylic acids is 2. The molecule has 1 aromatic rings. The van der Waals surface area contributed by atoms with Crippen LogP contribution >= 0.6 is 23.2 Å². The zero-order valence-electron chi connectivity index (χ0n) is 15.3. The fraction of sp³-hybridized carbons (Fsp3) is 0.524. The molecule has 0 unspecified atom stereocenters. The van der Waals surface area contributed by atoms with Crippen molar-refractivity contribution in [2.24, 2.45) is 0 Å². The molecule has 1 N–H and O–H groups in total. The van der Waals surface area contributed by atoms with Crippen LogP contribution in [0.2, 0.25) is 10.0 Å². The van der Waals surface area contributed by atoms with Gasteiger partial charge in [-0.2, -0.15) is 0 Å². The van der Waals surface area contributed by atoms with Crippen LogP contribution in [0.15, 0.2) is 29.5 Å². The van der Waals surface area contributed by atoms with Crippen LogP contribution in [0.5, 0.6) is 0 Å². The number of hydrogen-bond donors (Lipinski definition) is 1. The molecule has 4 rings (SSSR count). The van der Waals surface area contributed by atoms with Gasteiger partial charge < -0.3 is 5.32 Å². The molecule has 0 atom stereocenters. The summed E-state index contributed by atoms with van der Waals surface area (Å²) in [5.41, 5.74) is 1.79. The Kier molecular flexibility index (Phi) is 5.21. The van der Waals surface area contributed by atoms with Crippen molar-refractivity contribution in [1.29, 1.82) is 0 Å². The van der Waals surface area contributed by atoms with Crippen LogP contribution in [0, 0.1) is 0 Å². The molecule has 2 amide bonds. The molecular formula is C21H24Cl2N2O2. The van der Waals surface area contributed by atoms with E-state index < -0.39 is 5.66 Å². The van der Waals surface area contributed by atoms with Gasteiger partial charge in [0, 0.05) is 21.3 Å². The number of hydrogen-bond acceptors (Lipinski definition) is 2. The predicted octanol–water partition coefficient (Wildman–Crippen LogP) is 4.98. The Hall–Kier alpha value is -1.52. The van der Waals surface area contributed by atoms with Crippen LogP contribution in [0.1, 0.15) is 63.4 Å². The standard InChI is InChI=1S/C21H24Cl2N2O2/c22-16-8-6-9-17(23)15(16)13-19(26)25-18-10-3-2-7-14(18)20(27)24-21(25)11-4-1-5-12-21/h6,8-9H,1-5,7,10-13H2,(H,24,27). The maximum Gasteiger partial charge on any atom is 0.250 e. The highest BCUT2D eigenvalue weighted by Gasteiger charge is 2.48. The van der Waals surface area contributed by atoms with E-state index in [0.717, 1.165) is 69.1 Å². The summed E-state index contributed by atoms with van der Waals surface area (Å²) in [6.45, 7) is 0. The van der Waals surface area contributed by atoms with Crippen LogP contribution in [-0.2, 0) is 16.0 Å². The highest BCUT2D eigenvalue weighted by molar-refractivity contribution is 6.36. The van der Waals surface area contributed by atoms with Gasteiger partial charge in [0.1, 0.15) is 5.66 Å². The summed E-state index contributed by atoms with van der Waals surface area (Å²) in [5.74, 6) is -0.00674. The number of halogens is 2. The lowest BCUT2D eigenvalue weighted by Gasteiger charge is -2.52. The van der Waals surface area contributed by atoms with E-state index in [-0.39, 0.29) is 18.2 Å². The minimum Gasteiger partial charge on any atom is -0.329 e. The maximum atomic E-state index is 13.5. The molecule has 4 nitrogen and oxygen atoms in total. The Morgan fingerprint density at radius 1 is 1.04 bits per heavy atom. The normalized spacial score (nSPS) is 21.9. The summed E-state index contributed by atoms with van der Waals surface area (Å²) in [6, 6.07) is 5.30. The van der Waals surface area contributed by atoms with Crippen LogP contribution in [0.3, 0.4) is 0 Å². The van der Waals surface area contributed by atoms with E-state index >= 15 is 0 Å². The average Bonchev–Trinajstić information content (AvgIpc) is 2.65. The molecule has 2 aliphatic carbocycles. The first-order chi connectivity index (χ1) is 13.0. The second-order valence-corrected chi connectivity index (χ2v) is 8.60. The van der Waals surface area contributed by atoms with Gasteiger partial charge >= 0.3 is 0 Å². The van der Waals surface area contributed by atoms with E-state index in [2.05, 4.69) is 5.32 Å². The molecule has 1 heterocycles. The molecule has 6 heteroatoms. The van der Waals surface area contributed by atoms with Gasteiger partial charge in [0.15, 0.2) is 0 Å². The van der Waals surface area contributed by atoms with Crippen molar-refractivity contribution >= 4 is 35.0 Å². The number of benzene rings is 1. The maximum absolute atomic E-state index is 13.5. The van der Waals surface area contributed by atoms with Gasteiger partial charge in [0.25, 0.3) is 5.91 Å². The van der Waals surface area contributed by atoms with Gasteiger partial charge in [-0.25, -0.2) is 0 Å². The first-order valence-corrected chi connectivity index (χ1v) is 10.6. The number of nitrogens with one attached hydrogen (secondary N) is 1. The van der Waals surface area contributed by atoms with E-state index in [1.165, 1.54) is 0 Å². The van der Waals surface area contributed by atoms with Crippen LogP contribution in [-0.4, -0.2) is 22.4 Å². The molecule has 1 fully saturated rings. The zero-order chi connectivity index (χ0) is 19.0. The molecular weight excluding hydrogens is 383 g/mol. The fourth-order valence-electron chi connectivity index (χ4n) is 4.79. The quantitative estimate of drug-likeness (QED) is 0.752. The van der Waals surface area contributed by atoms with E-state index in [4.69, 9.17) is 23.2 Å². The third-order valence-corrected chi connectivity index (χ3v) is 6.78.